The van der Waals surface area contributed by atoms with Crippen LogP contribution in [0.1, 0.15) is 9.75 Å². The predicted octanol–water partition coefficient (Wildman–Crippen LogP) is 4.53. The van der Waals surface area contributed by atoms with Gasteiger partial charge in [0.25, 0.3) is 5.91 Å². The van der Waals surface area contributed by atoms with E-state index in [1.807, 2.05) is 12.1 Å². The molecule has 1 aromatic carbocycles. The molecule has 1 amide bonds. The molecule has 30 heavy (non-hydrogen) atoms. The lowest BCUT2D eigenvalue weighted by molar-refractivity contribution is -0.115. The van der Waals surface area contributed by atoms with Gasteiger partial charge in [-0.1, -0.05) is 36.1 Å². The lowest BCUT2D eigenvalue weighted by Gasteiger charge is -2.25. The maximum Gasteiger partial charge on any atom is 0.263 e. The molecule has 1 N–H and O–H groups in total. The van der Waals surface area contributed by atoms with Crippen LogP contribution in [0.25, 0.3) is 23.3 Å². The molecule has 0 radical (unpaired) electrons. The number of hydrogen-bond acceptors (Lipinski definition) is 6. The Morgan fingerprint density at radius 1 is 1.20 bits per heavy atom. The Morgan fingerprint density at radius 3 is 2.70 bits per heavy atom. The van der Waals surface area contributed by atoms with Gasteiger partial charge in [0.2, 0.25) is 0 Å². The first-order valence-electron chi connectivity index (χ1n) is 9.30. The zero-order chi connectivity index (χ0) is 21.1. The number of hydrogen-bond donors (Lipinski definition) is 1. The van der Waals surface area contributed by atoms with Crippen LogP contribution in [-0.2, 0) is 9.53 Å². The van der Waals surface area contributed by atoms with Crippen LogP contribution >= 0.6 is 35.3 Å². The highest BCUT2D eigenvalue weighted by Gasteiger charge is 2.22. The number of rotatable bonds is 5. The minimum atomic E-state index is -0.891. The van der Waals surface area contributed by atoms with E-state index in [0.717, 1.165) is 54.2 Å². The quantitative estimate of drug-likeness (QED) is 0.520. The van der Waals surface area contributed by atoms with Crippen LogP contribution in [0.15, 0.2) is 35.2 Å². The van der Waals surface area contributed by atoms with Crippen LogP contribution < -0.4 is 5.32 Å². The summed E-state index contributed by atoms with van der Waals surface area (Å²) < 4.78 is 33.0. The minimum absolute atomic E-state index is 0.225. The van der Waals surface area contributed by atoms with Gasteiger partial charge in [0.05, 0.1) is 18.1 Å². The number of thiophene rings is 1. The van der Waals surface area contributed by atoms with Gasteiger partial charge in [0, 0.05) is 35.0 Å². The zero-order valence-corrected chi connectivity index (χ0v) is 18.3. The molecule has 4 rings (SSSR count). The van der Waals surface area contributed by atoms with Crippen molar-refractivity contribution in [2.45, 2.75) is 0 Å². The van der Waals surface area contributed by atoms with Gasteiger partial charge in [-0.2, -0.15) is 0 Å². The average Bonchev–Trinajstić information content (AvgIpc) is 3.27. The fraction of sp³-hybridized carbons (Fsp3) is 0.238. The number of ether oxygens (including phenoxy) is 1. The Bertz CT molecular complexity index is 1040. The third-order valence-electron chi connectivity index (χ3n) is 4.66. The van der Waals surface area contributed by atoms with Crippen molar-refractivity contribution in [3.63, 3.8) is 0 Å². The van der Waals surface area contributed by atoms with E-state index in [0.29, 0.717) is 14.8 Å². The number of carbonyl (C=O) groups is 1. The van der Waals surface area contributed by atoms with Gasteiger partial charge in [-0.3, -0.25) is 9.69 Å². The van der Waals surface area contributed by atoms with Crippen LogP contribution in [0.3, 0.4) is 0 Å². The molecule has 0 spiro atoms. The summed E-state index contributed by atoms with van der Waals surface area (Å²) in [6, 6.07) is 5.76. The van der Waals surface area contributed by atoms with Gasteiger partial charge in [0.15, 0.2) is 11.6 Å². The second-order valence-electron chi connectivity index (χ2n) is 6.72. The molecule has 9 heteroatoms. The second-order valence-corrected chi connectivity index (χ2v) is 9.56. The van der Waals surface area contributed by atoms with Crippen LogP contribution in [0.5, 0.6) is 0 Å². The van der Waals surface area contributed by atoms with Gasteiger partial charge in [-0.05, 0) is 35.9 Å². The summed E-state index contributed by atoms with van der Waals surface area (Å²) in [6.07, 6.45) is 5.82. The summed E-state index contributed by atoms with van der Waals surface area (Å²) in [7, 11) is 0. The molecule has 0 unspecified atom stereocenters. The number of halogens is 2. The fourth-order valence-corrected chi connectivity index (χ4v) is 5.32. The molecule has 0 saturated carbocycles. The maximum atomic E-state index is 13.8. The lowest BCUT2D eigenvalue weighted by Crippen LogP contribution is -2.36. The van der Waals surface area contributed by atoms with Gasteiger partial charge >= 0.3 is 0 Å². The van der Waals surface area contributed by atoms with Crippen molar-refractivity contribution in [1.82, 2.24) is 10.2 Å². The van der Waals surface area contributed by atoms with Crippen molar-refractivity contribution in [2.75, 3.05) is 32.8 Å². The fourth-order valence-electron chi connectivity index (χ4n) is 3.15. The largest absolute Gasteiger partial charge is 0.379 e. The molecule has 2 saturated heterocycles. The van der Waals surface area contributed by atoms with Crippen molar-refractivity contribution >= 4 is 57.7 Å². The molecule has 0 aliphatic carbocycles. The first-order chi connectivity index (χ1) is 14.5. The Labute approximate surface area is 186 Å². The van der Waals surface area contributed by atoms with E-state index in [2.05, 4.69) is 16.3 Å². The highest BCUT2D eigenvalue weighted by atomic mass is 32.2. The Hall–Kier alpha value is -1.91. The first kappa shape index (κ1) is 21.3. The molecule has 2 fully saturated rings. The number of thiocarbonyl (C=S) groups is 1. The van der Waals surface area contributed by atoms with Crippen LogP contribution in [0.4, 0.5) is 8.78 Å². The molecule has 0 atom stereocenters. The summed E-state index contributed by atoms with van der Waals surface area (Å²) >= 11 is 7.73. The molecule has 1 aromatic heterocycles. The molecule has 3 heterocycles. The number of amides is 1. The summed E-state index contributed by atoms with van der Waals surface area (Å²) in [4.78, 5) is 16.5. The highest BCUT2D eigenvalue weighted by molar-refractivity contribution is 8.26. The predicted molar refractivity (Wildman–Crippen MR) is 122 cm³/mol. The number of morpholine rings is 1. The summed E-state index contributed by atoms with van der Waals surface area (Å²) in [5.74, 6) is -2.00. The molecule has 2 aromatic rings. The van der Waals surface area contributed by atoms with Gasteiger partial charge in [-0.15, -0.1) is 11.3 Å². The highest BCUT2D eigenvalue weighted by Crippen LogP contribution is 2.36. The maximum absolute atomic E-state index is 13.8. The number of nitrogens with zero attached hydrogens (tertiary/aromatic N) is 1. The molecular weight excluding hydrogens is 446 g/mol. The van der Waals surface area contributed by atoms with Crippen molar-refractivity contribution in [2.24, 2.45) is 0 Å². The van der Waals surface area contributed by atoms with Crippen molar-refractivity contribution in [1.29, 1.82) is 0 Å². The summed E-state index contributed by atoms with van der Waals surface area (Å²) in [5, 5.41) is 2.60. The Balaban J connectivity index is 1.64. The van der Waals surface area contributed by atoms with E-state index in [1.165, 1.54) is 29.2 Å². The number of thioether (sulfide) groups is 1. The smallest absolute Gasteiger partial charge is 0.263 e. The number of carbonyl (C=O) groups excluding carboxylic acids is 1. The Kier molecular flexibility index (Phi) is 6.74. The van der Waals surface area contributed by atoms with E-state index >= 15 is 0 Å². The Morgan fingerprint density at radius 2 is 2.00 bits per heavy atom. The average molecular weight is 465 g/mol. The van der Waals surface area contributed by atoms with Crippen LogP contribution in [0.2, 0.25) is 0 Å². The second kappa shape index (κ2) is 9.49. The van der Waals surface area contributed by atoms with E-state index < -0.39 is 11.6 Å². The standard InChI is InChI=1S/C21H18F2N2O2S3/c22-16-4-3-13(10-17(16)23)15-11-14(12-19-20(26)24-21(28)30-19)29-18(15)2-1-5-25-6-8-27-9-7-25/h1-4,10-12H,5-9H2,(H,24,26,28)/b2-1+,19-12-. The van der Waals surface area contributed by atoms with Gasteiger partial charge in [0.1, 0.15) is 4.32 Å². The van der Waals surface area contributed by atoms with Crippen molar-refractivity contribution < 1.29 is 18.3 Å². The minimum Gasteiger partial charge on any atom is -0.379 e. The summed E-state index contributed by atoms with van der Waals surface area (Å²) in [6.45, 7) is 4.00. The SMILES string of the molecule is O=C1NC(=S)S/C1=C\c1cc(-c2ccc(F)c(F)c2)c(/C=C/CN2CCOCC2)s1. The van der Waals surface area contributed by atoms with Gasteiger partial charge < -0.3 is 10.1 Å². The topological polar surface area (TPSA) is 41.6 Å². The zero-order valence-electron chi connectivity index (χ0n) is 15.8. The van der Waals surface area contributed by atoms with E-state index in [4.69, 9.17) is 17.0 Å². The first-order valence-corrected chi connectivity index (χ1v) is 11.3. The van der Waals surface area contributed by atoms with E-state index in [9.17, 15) is 13.6 Å². The molecular formula is C21H18F2N2O2S3. The molecule has 2 aliphatic rings. The molecule has 4 nitrogen and oxygen atoms in total. The van der Waals surface area contributed by atoms with Crippen molar-refractivity contribution in [3.05, 3.63) is 56.6 Å². The van der Waals surface area contributed by atoms with E-state index in [1.54, 1.807) is 12.1 Å². The van der Waals surface area contributed by atoms with Gasteiger partial charge in [-0.25, -0.2) is 8.78 Å². The normalized spacial score (nSPS) is 19.2. The lowest BCUT2D eigenvalue weighted by atomic mass is 10.1. The van der Waals surface area contributed by atoms with Crippen LogP contribution in [0, 0.1) is 11.6 Å². The molecule has 2 aliphatic heterocycles. The third-order valence-corrected chi connectivity index (χ3v) is 6.87. The monoisotopic (exact) mass is 464 g/mol. The molecule has 156 valence electrons. The third kappa shape index (κ3) is 5.04. The van der Waals surface area contributed by atoms with Crippen molar-refractivity contribution in [3.8, 4) is 11.1 Å². The summed E-state index contributed by atoms with van der Waals surface area (Å²) in [5.41, 5.74) is 1.37. The van der Waals surface area contributed by atoms with E-state index in [-0.39, 0.29) is 5.91 Å². The number of nitrogens with one attached hydrogen (secondary N) is 1. The van der Waals surface area contributed by atoms with Crippen LogP contribution in [-0.4, -0.2) is 48.0 Å². The molecule has 0 bridgehead atoms. The number of benzene rings is 1.